The number of thioether (sulfide) groups is 1. The standard InChI is InChI=1S/C18H20N4OS2/c1-5-12-6-8-13(9-7-12)14(23)10-25-18-19-15-16(20-18)21(3)11(2)22(4)17(15)24/h6-9H,2,5,10H2,1,3-4H3,(H,19,20). The Labute approximate surface area is 157 Å². The van der Waals surface area contributed by atoms with Crippen molar-refractivity contribution in [3.63, 3.8) is 0 Å². The highest BCUT2D eigenvalue weighted by molar-refractivity contribution is 7.99. The maximum atomic E-state index is 12.4. The van der Waals surface area contributed by atoms with Crippen LogP contribution in [0.2, 0.25) is 0 Å². The van der Waals surface area contributed by atoms with E-state index in [1.807, 2.05) is 48.2 Å². The van der Waals surface area contributed by atoms with Crippen molar-refractivity contribution < 1.29 is 4.79 Å². The number of hydrogen-bond donors (Lipinski definition) is 1. The Morgan fingerprint density at radius 3 is 2.60 bits per heavy atom. The van der Waals surface area contributed by atoms with E-state index in [9.17, 15) is 4.79 Å². The number of Topliss-reactive ketones (excluding diaryl/α,β-unsaturated/α-hetero) is 1. The van der Waals surface area contributed by atoms with Gasteiger partial charge in [-0.15, -0.1) is 0 Å². The van der Waals surface area contributed by atoms with Crippen LogP contribution in [0.15, 0.2) is 41.8 Å². The lowest BCUT2D eigenvalue weighted by molar-refractivity contribution is 0.102. The van der Waals surface area contributed by atoms with Crippen molar-refractivity contribution >= 4 is 40.6 Å². The van der Waals surface area contributed by atoms with Crippen LogP contribution in [-0.4, -0.2) is 45.5 Å². The van der Waals surface area contributed by atoms with Gasteiger partial charge in [0.25, 0.3) is 0 Å². The number of thiocarbonyl (C=S) groups is 1. The van der Waals surface area contributed by atoms with Gasteiger partial charge in [0.1, 0.15) is 16.5 Å². The summed E-state index contributed by atoms with van der Waals surface area (Å²) in [6.07, 6.45) is 0.967. The Morgan fingerprint density at radius 2 is 1.96 bits per heavy atom. The summed E-state index contributed by atoms with van der Waals surface area (Å²) in [6, 6.07) is 7.77. The third-order valence-electron chi connectivity index (χ3n) is 4.30. The third kappa shape index (κ3) is 3.34. The van der Waals surface area contributed by atoms with Crippen LogP contribution in [0, 0.1) is 0 Å². The number of ketones is 1. The fourth-order valence-electron chi connectivity index (χ4n) is 2.58. The van der Waals surface area contributed by atoms with Crippen molar-refractivity contribution in [2.24, 2.45) is 0 Å². The molecule has 1 aromatic heterocycles. The summed E-state index contributed by atoms with van der Waals surface area (Å²) >= 11 is 6.84. The second-order valence-corrected chi connectivity index (χ2v) is 7.19. The minimum Gasteiger partial charge on any atom is -0.329 e. The molecule has 0 radical (unpaired) electrons. The fourth-order valence-corrected chi connectivity index (χ4v) is 3.59. The topological polar surface area (TPSA) is 52.2 Å². The van der Waals surface area contributed by atoms with E-state index in [2.05, 4.69) is 23.5 Å². The predicted molar refractivity (Wildman–Crippen MR) is 106 cm³/mol. The van der Waals surface area contributed by atoms with E-state index >= 15 is 0 Å². The molecule has 2 heterocycles. The van der Waals surface area contributed by atoms with Crippen LogP contribution < -0.4 is 4.90 Å². The number of rotatable bonds is 5. The van der Waals surface area contributed by atoms with E-state index < -0.39 is 0 Å². The van der Waals surface area contributed by atoms with Crippen LogP contribution in [0.3, 0.4) is 0 Å². The molecule has 25 heavy (non-hydrogen) atoms. The number of aryl methyl sites for hydroxylation is 1. The van der Waals surface area contributed by atoms with E-state index in [-0.39, 0.29) is 5.78 Å². The average Bonchev–Trinajstić information content (AvgIpc) is 3.07. The van der Waals surface area contributed by atoms with E-state index in [4.69, 9.17) is 12.2 Å². The molecule has 0 saturated carbocycles. The quantitative estimate of drug-likeness (QED) is 0.493. The molecule has 0 saturated heterocycles. The van der Waals surface area contributed by atoms with E-state index in [0.717, 1.165) is 29.3 Å². The van der Waals surface area contributed by atoms with Crippen molar-refractivity contribution in [2.75, 3.05) is 24.7 Å². The lowest BCUT2D eigenvalue weighted by Gasteiger charge is -2.33. The number of carbonyl (C=O) groups is 1. The normalized spacial score (nSPS) is 14.0. The summed E-state index contributed by atoms with van der Waals surface area (Å²) in [5, 5.41) is 0.681. The molecule has 7 heteroatoms. The first-order valence-electron chi connectivity index (χ1n) is 7.98. The maximum absolute atomic E-state index is 12.4. The summed E-state index contributed by atoms with van der Waals surface area (Å²) in [4.78, 5) is 24.5. The monoisotopic (exact) mass is 372 g/mol. The van der Waals surface area contributed by atoms with Gasteiger partial charge in [-0.2, -0.15) is 0 Å². The predicted octanol–water partition coefficient (Wildman–Crippen LogP) is 3.48. The van der Waals surface area contributed by atoms with Gasteiger partial charge >= 0.3 is 0 Å². The van der Waals surface area contributed by atoms with Gasteiger partial charge in [0.05, 0.1) is 5.75 Å². The zero-order chi connectivity index (χ0) is 18.1. The van der Waals surface area contributed by atoms with Crippen LogP contribution >= 0.6 is 24.0 Å². The first-order valence-corrected chi connectivity index (χ1v) is 9.37. The lowest BCUT2D eigenvalue weighted by Crippen LogP contribution is -2.39. The molecule has 0 unspecified atom stereocenters. The molecule has 130 valence electrons. The smallest absolute Gasteiger partial charge is 0.173 e. The summed E-state index contributed by atoms with van der Waals surface area (Å²) in [6.45, 7) is 6.11. The SMILES string of the molecule is C=C1N(C)C(=S)c2[nH]c(SCC(=O)c3ccc(CC)cc3)nc2N1C. The maximum Gasteiger partial charge on any atom is 0.173 e. The molecule has 3 rings (SSSR count). The molecule has 0 atom stereocenters. The van der Waals surface area contributed by atoms with Gasteiger partial charge < -0.3 is 14.8 Å². The Hall–Kier alpha value is -2.12. The highest BCUT2D eigenvalue weighted by Crippen LogP contribution is 2.31. The zero-order valence-electron chi connectivity index (χ0n) is 14.5. The number of nitrogens with zero attached hydrogens (tertiary/aromatic N) is 3. The second kappa shape index (κ2) is 7.01. The van der Waals surface area contributed by atoms with E-state index in [1.165, 1.54) is 17.3 Å². The number of imidazole rings is 1. The van der Waals surface area contributed by atoms with Crippen molar-refractivity contribution in [2.45, 2.75) is 18.5 Å². The molecular weight excluding hydrogens is 352 g/mol. The minimum atomic E-state index is 0.0829. The Morgan fingerprint density at radius 1 is 1.28 bits per heavy atom. The van der Waals surface area contributed by atoms with Crippen molar-refractivity contribution in [3.05, 3.63) is 53.5 Å². The molecule has 0 fully saturated rings. The second-order valence-electron chi connectivity index (χ2n) is 5.84. The number of nitrogens with one attached hydrogen (secondary N) is 1. The molecule has 0 amide bonds. The van der Waals surface area contributed by atoms with Crippen LogP contribution in [0.5, 0.6) is 0 Å². The van der Waals surface area contributed by atoms with Gasteiger partial charge in [0.2, 0.25) is 0 Å². The van der Waals surface area contributed by atoms with Crippen molar-refractivity contribution in [1.29, 1.82) is 0 Å². The zero-order valence-corrected chi connectivity index (χ0v) is 16.1. The fraction of sp³-hybridized carbons (Fsp3) is 0.278. The largest absolute Gasteiger partial charge is 0.329 e. The number of aromatic nitrogens is 2. The summed E-state index contributed by atoms with van der Waals surface area (Å²) in [5.41, 5.74) is 2.74. The number of benzene rings is 1. The molecule has 2 aromatic rings. The molecular formula is C18H20N4OS2. The minimum absolute atomic E-state index is 0.0829. The number of H-pyrrole nitrogens is 1. The summed E-state index contributed by atoms with van der Waals surface area (Å²) < 4.78 is 0. The summed E-state index contributed by atoms with van der Waals surface area (Å²) in [5.74, 6) is 1.92. The Bertz CT molecular complexity index is 841. The van der Waals surface area contributed by atoms with Gasteiger partial charge in [-0.3, -0.25) is 4.79 Å². The Kier molecular flexibility index (Phi) is 4.96. The first-order chi connectivity index (χ1) is 11.9. The highest BCUT2D eigenvalue weighted by atomic mass is 32.2. The first kappa shape index (κ1) is 17.7. The lowest BCUT2D eigenvalue weighted by atomic mass is 10.1. The van der Waals surface area contributed by atoms with Gasteiger partial charge in [0, 0.05) is 19.7 Å². The number of hydrogen-bond acceptors (Lipinski definition) is 5. The van der Waals surface area contributed by atoms with Crippen LogP contribution in [0.4, 0.5) is 5.82 Å². The van der Waals surface area contributed by atoms with Gasteiger partial charge in [-0.1, -0.05) is 61.7 Å². The van der Waals surface area contributed by atoms with Crippen LogP contribution in [-0.2, 0) is 6.42 Å². The molecule has 0 bridgehead atoms. The third-order valence-corrected chi connectivity index (χ3v) is 5.65. The van der Waals surface area contributed by atoms with Crippen molar-refractivity contribution in [1.82, 2.24) is 14.9 Å². The molecule has 0 spiro atoms. The number of fused-ring (bicyclic) bond motifs is 1. The van der Waals surface area contributed by atoms with Gasteiger partial charge in [-0.25, -0.2) is 4.98 Å². The number of aromatic amines is 1. The van der Waals surface area contributed by atoms with Gasteiger partial charge in [-0.05, 0) is 12.0 Å². The molecule has 1 aromatic carbocycles. The highest BCUT2D eigenvalue weighted by Gasteiger charge is 2.29. The molecule has 1 aliphatic heterocycles. The number of anilines is 1. The molecule has 5 nitrogen and oxygen atoms in total. The van der Waals surface area contributed by atoms with Crippen LogP contribution in [0.25, 0.3) is 0 Å². The molecule has 0 aliphatic carbocycles. The average molecular weight is 373 g/mol. The Balaban J connectivity index is 1.72. The summed E-state index contributed by atoms with van der Waals surface area (Å²) in [7, 11) is 3.77. The molecule has 1 N–H and O–H groups in total. The van der Waals surface area contributed by atoms with E-state index in [0.29, 0.717) is 15.9 Å². The molecule has 1 aliphatic rings. The van der Waals surface area contributed by atoms with Crippen molar-refractivity contribution in [3.8, 4) is 0 Å². The van der Waals surface area contributed by atoms with Gasteiger partial charge in [0.15, 0.2) is 16.8 Å². The number of carbonyl (C=O) groups excluding carboxylic acids is 1. The van der Waals surface area contributed by atoms with E-state index in [1.54, 1.807) is 0 Å². The van der Waals surface area contributed by atoms with Crippen LogP contribution in [0.1, 0.15) is 28.5 Å².